The highest BCUT2D eigenvalue weighted by molar-refractivity contribution is 9.11. The maximum atomic E-state index is 14.2. The number of nitriles is 4. The van der Waals surface area contributed by atoms with E-state index in [1.807, 2.05) is 24.3 Å². The number of carbonyl (C=O) groups is 4. The van der Waals surface area contributed by atoms with E-state index in [1.165, 1.54) is 27.7 Å². The number of anilines is 2. The topological polar surface area (TPSA) is 485 Å². The molecule has 32 heteroatoms. The maximum Gasteiger partial charge on any atom is 0.343 e. The summed E-state index contributed by atoms with van der Waals surface area (Å²) in [5.41, 5.74) is 15.2. The van der Waals surface area contributed by atoms with Gasteiger partial charge in [0, 0.05) is 95.9 Å². The number of nitrogens with two attached hydrogens (primary N) is 2. The second-order valence-corrected chi connectivity index (χ2v) is 27.3. The first-order valence-electron chi connectivity index (χ1n) is 35.8. The van der Waals surface area contributed by atoms with Crippen LogP contribution in [0.1, 0.15) is 279 Å². The van der Waals surface area contributed by atoms with Gasteiger partial charge in [-0.05, 0) is 95.7 Å². The lowest BCUT2D eigenvalue weighted by molar-refractivity contribution is 0.0667. The van der Waals surface area contributed by atoms with Crippen molar-refractivity contribution < 1.29 is 88.5 Å². The summed E-state index contributed by atoms with van der Waals surface area (Å²) >= 11 is 17.7. The van der Waals surface area contributed by atoms with Crippen LogP contribution in [-0.2, 0) is 0 Å². The van der Waals surface area contributed by atoms with Crippen molar-refractivity contribution in [2.24, 2.45) is 0 Å². The molecule has 110 heavy (non-hydrogen) atoms. The van der Waals surface area contributed by atoms with Crippen molar-refractivity contribution in [3.63, 3.8) is 0 Å². The summed E-state index contributed by atoms with van der Waals surface area (Å²) in [7, 11) is 0. The van der Waals surface area contributed by atoms with Crippen molar-refractivity contribution in [3.05, 3.63) is 122 Å². The predicted molar refractivity (Wildman–Crippen MR) is 422 cm³/mol. The lowest BCUT2D eigenvalue weighted by atomic mass is 9.74. The first-order valence-corrected chi connectivity index (χ1v) is 38.1. The van der Waals surface area contributed by atoms with Gasteiger partial charge in [0.05, 0.1) is 44.6 Å². The largest absolute Gasteiger partial charge is 0.489 e. The number of benzene rings is 4. The molecule has 1 aliphatic carbocycles. The van der Waals surface area contributed by atoms with E-state index in [4.69, 9.17) is 93.6 Å². The second-order valence-electron chi connectivity index (χ2n) is 25.0. The van der Waals surface area contributed by atoms with Crippen molar-refractivity contribution >= 4 is 90.8 Å². The molecule has 0 unspecified atom stereocenters. The number of ether oxygens (including phenoxy) is 8. The van der Waals surface area contributed by atoms with E-state index in [0.717, 1.165) is 62.8 Å². The number of nitrogen functional groups attached to an aromatic ring is 2. The molecular weight excluding hydrogens is 1600 g/mol. The van der Waals surface area contributed by atoms with Crippen molar-refractivity contribution in [1.82, 2.24) is 19.9 Å². The van der Waals surface area contributed by atoms with Crippen LogP contribution >= 0.6 is 55.1 Å². The molecule has 6 aromatic rings. The number of halogens is 4. The Morgan fingerprint density at radius 1 is 0.391 bits per heavy atom. The van der Waals surface area contributed by atoms with Gasteiger partial charge in [-0.25, -0.2) is 39.1 Å². The Labute approximate surface area is 668 Å². The van der Waals surface area contributed by atoms with Gasteiger partial charge in [0.25, 0.3) is 0 Å². The number of aromatic nitrogens is 4. The first kappa shape index (κ1) is 94.5. The molecular formula is C78H98Br2Cl2N10O18. The predicted octanol–water partition coefficient (Wildman–Crippen LogP) is 16.8. The Morgan fingerprint density at radius 2 is 0.555 bits per heavy atom. The third-order valence-electron chi connectivity index (χ3n) is 17.7. The molecule has 6 heterocycles. The number of aromatic carboxylic acids is 4. The van der Waals surface area contributed by atoms with Crippen LogP contribution in [0.25, 0.3) is 0 Å². The van der Waals surface area contributed by atoms with Gasteiger partial charge in [-0.3, -0.25) is 0 Å². The van der Waals surface area contributed by atoms with E-state index < -0.39 is 47.5 Å². The van der Waals surface area contributed by atoms with Crippen molar-refractivity contribution in [1.29, 1.82) is 21.0 Å². The third kappa shape index (κ3) is 23.7. The van der Waals surface area contributed by atoms with E-state index in [2.05, 4.69) is 79.5 Å². The molecule has 596 valence electrons. The van der Waals surface area contributed by atoms with Gasteiger partial charge in [0.15, 0.2) is 0 Å². The zero-order valence-electron chi connectivity index (χ0n) is 63.5. The van der Waals surface area contributed by atoms with Crippen LogP contribution in [-0.4, -0.2) is 128 Å². The Balaban J connectivity index is 0.000000769. The van der Waals surface area contributed by atoms with Crippen molar-refractivity contribution in [2.75, 3.05) is 64.3 Å². The molecule has 2 aromatic heterocycles. The molecule has 0 saturated carbocycles. The molecule has 4 aliphatic heterocycles. The fraction of sp³-hybridized carbons (Fsp3) is 0.487. The minimum Gasteiger partial charge on any atom is -0.489 e. The number of hydrogen-bond acceptors (Lipinski definition) is 22. The summed E-state index contributed by atoms with van der Waals surface area (Å²) in [6.07, 6.45) is 10.9. The number of unbranched alkanes of at least 4 members (excludes halogenated alkanes) is 8. The van der Waals surface area contributed by atoms with E-state index in [0.29, 0.717) is 115 Å². The molecule has 0 radical (unpaired) electrons. The minimum atomic E-state index is -1.30. The van der Waals surface area contributed by atoms with Gasteiger partial charge in [-0.2, -0.15) is 21.0 Å². The second kappa shape index (κ2) is 47.4. The Bertz CT molecular complexity index is 3670. The quantitative estimate of drug-likeness (QED) is 0.0305. The number of aryl methyl sites for hydroxylation is 2. The van der Waals surface area contributed by atoms with Gasteiger partial charge >= 0.3 is 23.9 Å². The van der Waals surface area contributed by atoms with Crippen LogP contribution in [0.2, 0.25) is 10.3 Å². The summed E-state index contributed by atoms with van der Waals surface area (Å²) in [5.74, 6) is -7.21. The summed E-state index contributed by atoms with van der Waals surface area (Å²) in [4.78, 5) is 72.0. The molecule has 28 nitrogen and oxygen atoms in total. The molecule has 0 fully saturated rings. The molecule has 12 N–H and O–H groups in total. The van der Waals surface area contributed by atoms with Crippen molar-refractivity contribution in [2.45, 2.75) is 196 Å². The number of hydrogen-bond donors (Lipinski definition) is 6. The molecule has 0 saturated heterocycles. The number of carboxylic acid groups (broad SMARTS) is 4. The van der Waals surface area contributed by atoms with Gasteiger partial charge in [-0.15, -0.1) is 0 Å². The standard InChI is InChI=1S/C60H72O16.2C5H5BrClN3.4C2H3N.2H2O/c1-5-9-13-17-33-37-29-39-34(18-14-10-6-2)41-31-43-36(20-16-12-8-4)44-32-42-35(19-15-11-7-3)40-30-38(33)50-46(58(63)64)52(40)72-24-26-74-54(42)48(60(67)68)56(44)76-28-27-75-55(43)47(59(65)66)53(41)73-25-23-71-51(39)45(57(61)62)49(37)69-21-22-70-50;2*1-2-3(6)4(7)10-5(8)9-2;4*1-2-3;;/h29-36H,5-28H2,1-4H3,(H,61,62)(H,63,64)(H,65,66)(H,67,68);2*1H3,(H2,8,9,10);4*1H3;2*1H2. The van der Waals surface area contributed by atoms with E-state index in [-0.39, 0.29) is 144 Å². The van der Waals surface area contributed by atoms with Crippen LogP contribution < -0.4 is 49.4 Å². The van der Waals surface area contributed by atoms with Crippen LogP contribution in [0, 0.1) is 59.2 Å². The third-order valence-corrected chi connectivity index (χ3v) is 20.6. The SMILES string of the molecule is CC#N.CC#N.CC#N.CC#N.CCCCCC1c2cc3c4c(C(=O)O)c2OCCOc2c1cc1c(c2C(=O)O)OCCOc2c(cc5c(c2C(=O)O)OCCOc2c(cc(c(c2C(=O)O)OCCO4)C3CCCCC)C5CCCCC)C1CCCCC.Cc1nc(N)nc(Cl)c1Br.Cc1nc(N)nc(Cl)c1Br.O.O. The van der Waals surface area contributed by atoms with Gasteiger partial charge in [0.1, 0.15) is 131 Å². The summed E-state index contributed by atoms with van der Waals surface area (Å²) in [5, 5.41) is 76.3. The van der Waals surface area contributed by atoms with Crippen LogP contribution in [0.4, 0.5) is 11.9 Å². The highest BCUT2D eigenvalue weighted by atomic mass is 79.9. The molecule has 8 bridgehead atoms. The monoisotopic (exact) mass is 1690 g/mol. The van der Waals surface area contributed by atoms with E-state index in [1.54, 1.807) is 38.1 Å². The lowest BCUT2D eigenvalue weighted by Crippen LogP contribution is -2.18. The van der Waals surface area contributed by atoms with Gasteiger partial charge in [-0.1, -0.05) is 128 Å². The summed E-state index contributed by atoms with van der Waals surface area (Å²) in [6.45, 7) is 16.4. The van der Waals surface area contributed by atoms with Crippen molar-refractivity contribution in [3.8, 4) is 70.3 Å². The Morgan fingerprint density at radius 3 is 0.691 bits per heavy atom. The van der Waals surface area contributed by atoms with Crippen LogP contribution in [0.5, 0.6) is 46.0 Å². The zero-order valence-corrected chi connectivity index (χ0v) is 68.2. The highest BCUT2D eigenvalue weighted by Gasteiger charge is 2.43. The maximum absolute atomic E-state index is 14.2. The minimum absolute atomic E-state index is 0. The average molecular weight is 1690 g/mol. The Hall–Kier alpha value is -9.66. The number of nitrogens with zero attached hydrogens (tertiary/aromatic N) is 8. The zero-order chi connectivity index (χ0) is 79.9. The summed E-state index contributed by atoms with van der Waals surface area (Å²) < 4.78 is 54.3. The Kier molecular flexibility index (Phi) is 40.8. The summed E-state index contributed by atoms with van der Waals surface area (Å²) in [6, 6.07) is 14.8. The molecule has 0 atom stereocenters. The van der Waals surface area contributed by atoms with Gasteiger partial charge < -0.3 is 80.7 Å². The van der Waals surface area contributed by atoms with Crippen LogP contribution in [0.15, 0.2) is 33.2 Å². The van der Waals surface area contributed by atoms with Crippen LogP contribution in [0.3, 0.4) is 0 Å². The number of carboxylic acids is 4. The fourth-order valence-electron chi connectivity index (χ4n) is 13.4. The normalized spacial score (nSPS) is 15.1. The van der Waals surface area contributed by atoms with Gasteiger partial charge in [0.2, 0.25) is 11.9 Å². The van der Waals surface area contributed by atoms with E-state index in [9.17, 15) is 39.6 Å². The molecule has 0 amide bonds. The first-order chi connectivity index (χ1) is 51.8. The highest BCUT2D eigenvalue weighted by Crippen LogP contribution is 2.58. The smallest absolute Gasteiger partial charge is 0.343 e. The lowest BCUT2D eigenvalue weighted by Gasteiger charge is -2.32. The molecule has 11 rings (SSSR count). The average Bonchev–Trinajstić information content (AvgIpc) is 1.22. The number of rotatable bonds is 20. The fourth-order valence-corrected chi connectivity index (χ4v) is 14.2. The molecule has 0 spiro atoms. The molecule has 5 aliphatic rings. The van der Waals surface area contributed by atoms with E-state index >= 15 is 0 Å². The molecule has 4 aromatic carbocycles.